The summed E-state index contributed by atoms with van der Waals surface area (Å²) in [5.74, 6) is -1.56. The van der Waals surface area contributed by atoms with Gasteiger partial charge in [-0.2, -0.15) is 0 Å². The number of nitrogens with zero attached hydrogens (tertiary/aromatic N) is 2. The highest BCUT2D eigenvalue weighted by Crippen LogP contribution is 2.44. The first-order chi connectivity index (χ1) is 14.9. The molecule has 1 amide bonds. The Labute approximate surface area is 178 Å². The predicted molar refractivity (Wildman–Crippen MR) is 115 cm³/mol. The first-order valence-electron chi connectivity index (χ1n) is 9.57. The van der Waals surface area contributed by atoms with Gasteiger partial charge in [0.05, 0.1) is 24.4 Å². The minimum absolute atomic E-state index is 0.0796. The molecule has 0 radical (unpaired) electrons. The molecule has 7 heteroatoms. The molecule has 4 rings (SSSR count). The highest BCUT2D eigenvalue weighted by Gasteiger charge is 2.47. The van der Waals surface area contributed by atoms with E-state index < -0.39 is 17.7 Å². The van der Waals surface area contributed by atoms with Crippen molar-refractivity contribution in [1.82, 2.24) is 4.98 Å². The van der Waals surface area contributed by atoms with E-state index in [9.17, 15) is 19.8 Å². The van der Waals surface area contributed by atoms with Gasteiger partial charge in [-0.05, 0) is 60.5 Å². The van der Waals surface area contributed by atoms with Gasteiger partial charge in [-0.15, -0.1) is 0 Å². The molecule has 1 atom stereocenters. The van der Waals surface area contributed by atoms with Crippen LogP contribution >= 0.6 is 0 Å². The fraction of sp³-hybridized carbons (Fsp3) is 0.125. The van der Waals surface area contributed by atoms with Crippen molar-refractivity contribution >= 4 is 23.1 Å². The summed E-state index contributed by atoms with van der Waals surface area (Å²) in [5, 5.41) is 21.5. The quantitative estimate of drug-likeness (QED) is 0.382. The van der Waals surface area contributed by atoms with Gasteiger partial charge >= 0.3 is 0 Å². The molecular formula is C24H20N2O5. The number of Topliss-reactive ketones (excluding diaryl/α,β-unsaturated/α-hetero) is 1. The molecule has 2 heterocycles. The molecule has 1 aromatic heterocycles. The fourth-order valence-corrected chi connectivity index (χ4v) is 3.66. The third kappa shape index (κ3) is 3.50. The number of pyridine rings is 1. The molecule has 0 bridgehead atoms. The maximum Gasteiger partial charge on any atom is 0.300 e. The summed E-state index contributed by atoms with van der Waals surface area (Å²) >= 11 is 0. The Kier molecular flexibility index (Phi) is 5.17. The van der Waals surface area contributed by atoms with Crippen LogP contribution in [-0.4, -0.2) is 34.0 Å². The number of phenols is 1. The number of aliphatic hydroxyl groups is 1. The first-order valence-corrected chi connectivity index (χ1v) is 9.57. The molecule has 0 saturated carbocycles. The van der Waals surface area contributed by atoms with Crippen molar-refractivity contribution in [1.29, 1.82) is 0 Å². The van der Waals surface area contributed by atoms with E-state index in [4.69, 9.17) is 4.74 Å². The molecule has 7 nitrogen and oxygen atoms in total. The average molecular weight is 416 g/mol. The lowest BCUT2D eigenvalue weighted by Gasteiger charge is -2.26. The first kappa shape index (κ1) is 20.2. The maximum atomic E-state index is 13.1. The molecule has 0 aliphatic carbocycles. The molecule has 2 aromatic carbocycles. The number of aliphatic hydroxyl groups excluding tert-OH is 1. The van der Waals surface area contributed by atoms with Gasteiger partial charge in [0, 0.05) is 18.0 Å². The number of anilines is 1. The normalized spacial score (nSPS) is 17.7. The van der Waals surface area contributed by atoms with Gasteiger partial charge in [-0.25, -0.2) is 0 Å². The van der Waals surface area contributed by atoms with E-state index in [1.54, 1.807) is 54.7 Å². The van der Waals surface area contributed by atoms with Gasteiger partial charge < -0.3 is 14.9 Å². The van der Waals surface area contributed by atoms with E-state index in [1.807, 2.05) is 6.92 Å². The standard InChI is InChI=1S/C24H20N2O5/c1-14-5-10-19(27)18(12-14)26-21(16-4-3-11-25-13-16)20(23(29)24(26)30)22(28)15-6-8-17(31-2)9-7-15/h3-13,21,27-28H,1-2H3/b22-20+. The lowest BCUT2D eigenvalue weighted by molar-refractivity contribution is -0.132. The van der Waals surface area contributed by atoms with Crippen molar-refractivity contribution in [2.45, 2.75) is 13.0 Å². The number of hydrogen-bond acceptors (Lipinski definition) is 6. The van der Waals surface area contributed by atoms with Gasteiger partial charge in [0.15, 0.2) is 0 Å². The number of rotatable bonds is 4. The minimum atomic E-state index is -0.955. The summed E-state index contributed by atoms with van der Waals surface area (Å²) in [6.07, 6.45) is 3.10. The second-order valence-corrected chi connectivity index (χ2v) is 7.18. The Bertz CT molecular complexity index is 1190. The van der Waals surface area contributed by atoms with Gasteiger partial charge in [0.1, 0.15) is 17.3 Å². The number of benzene rings is 2. The van der Waals surface area contributed by atoms with Crippen LogP contribution < -0.4 is 9.64 Å². The molecule has 2 N–H and O–H groups in total. The van der Waals surface area contributed by atoms with E-state index in [0.717, 1.165) is 5.56 Å². The Balaban J connectivity index is 1.94. The third-order valence-corrected chi connectivity index (χ3v) is 5.20. The Morgan fingerprint density at radius 2 is 1.84 bits per heavy atom. The molecule has 31 heavy (non-hydrogen) atoms. The SMILES string of the molecule is COc1ccc(/C(O)=C2\C(=O)C(=O)N(c3cc(C)ccc3O)C2c2cccnc2)cc1. The van der Waals surface area contributed by atoms with Crippen molar-refractivity contribution in [3.8, 4) is 11.5 Å². The van der Waals surface area contributed by atoms with E-state index in [1.165, 1.54) is 24.3 Å². The van der Waals surface area contributed by atoms with Crippen molar-refractivity contribution in [3.63, 3.8) is 0 Å². The summed E-state index contributed by atoms with van der Waals surface area (Å²) in [7, 11) is 1.52. The number of carbonyl (C=O) groups is 2. The number of methoxy groups -OCH3 is 1. The lowest BCUT2D eigenvalue weighted by atomic mass is 9.96. The summed E-state index contributed by atoms with van der Waals surface area (Å²) in [6, 6.07) is 13.7. The van der Waals surface area contributed by atoms with Crippen LogP contribution in [0.1, 0.15) is 22.7 Å². The van der Waals surface area contributed by atoms with E-state index in [0.29, 0.717) is 16.9 Å². The summed E-state index contributed by atoms with van der Waals surface area (Å²) in [4.78, 5) is 31.5. The van der Waals surface area contributed by atoms with E-state index >= 15 is 0 Å². The zero-order chi connectivity index (χ0) is 22.1. The number of aromatic nitrogens is 1. The highest BCUT2D eigenvalue weighted by molar-refractivity contribution is 6.51. The van der Waals surface area contributed by atoms with Gasteiger partial charge in [-0.3, -0.25) is 19.5 Å². The van der Waals surface area contributed by atoms with Crippen molar-refractivity contribution in [2.75, 3.05) is 12.0 Å². The number of ether oxygens (including phenoxy) is 1. The van der Waals surface area contributed by atoms with Crippen LogP contribution in [0.5, 0.6) is 11.5 Å². The zero-order valence-electron chi connectivity index (χ0n) is 16.9. The van der Waals surface area contributed by atoms with Gasteiger partial charge in [-0.1, -0.05) is 12.1 Å². The number of phenolic OH excluding ortho intramolecular Hbond substituents is 1. The minimum Gasteiger partial charge on any atom is -0.507 e. The molecule has 0 spiro atoms. The molecule has 3 aromatic rings. The van der Waals surface area contributed by atoms with Crippen molar-refractivity contribution in [3.05, 3.63) is 89.3 Å². The second-order valence-electron chi connectivity index (χ2n) is 7.18. The number of hydrogen-bond donors (Lipinski definition) is 2. The highest BCUT2D eigenvalue weighted by atomic mass is 16.5. The van der Waals surface area contributed by atoms with Crippen LogP contribution in [0.3, 0.4) is 0 Å². The number of carbonyl (C=O) groups excluding carboxylic acids is 2. The topological polar surface area (TPSA) is 100.0 Å². The van der Waals surface area contributed by atoms with Crippen LogP contribution in [0.4, 0.5) is 5.69 Å². The van der Waals surface area contributed by atoms with Crippen molar-refractivity contribution < 1.29 is 24.5 Å². The molecule has 1 unspecified atom stereocenters. The third-order valence-electron chi connectivity index (χ3n) is 5.20. The smallest absolute Gasteiger partial charge is 0.300 e. The van der Waals surface area contributed by atoms with Crippen LogP contribution in [0, 0.1) is 6.92 Å². The summed E-state index contributed by atoms with van der Waals surface area (Å²) in [6.45, 7) is 1.82. The largest absolute Gasteiger partial charge is 0.507 e. The molecule has 156 valence electrons. The molecule has 1 fully saturated rings. The van der Waals surface area contributed by atoms with Gasteiger partial charge in [0.25, 0.3) is 11.7 Å². The molecule has 1 saturated heterocycles. The monoisotopic (exact) mass is 416 g/mol. The molecule has 1 aliphatic rings. The Morgan fingerprint density at radius 3 is 2.48 bits per heavy atom. The second kappa shape index (κ2) is 7.95. The fourth-order valence-electron chi connectivity index (χ4n) is 3.66. The number of amides is 1. The van der Waals surface area contributed by atoms with E-state index in [2.05, 4.69) is 4.98 Å². The lowest BCUT2D eigenvalue weighted by Crippen LogP contribution is -2.29. The van der Waals surface area contributed by atoms with Crippen LogP contribution in [0.25, 0.3) is 5.76 Å². The average Bonchev–Trinajstić information content (AvgIpc) is 3.06. The van der Waals surface area contributed by atoms with Crippen molar-refractivity contribution in [2.24, 2.45) is 0 Å². The zero-order valence-corrected chi connectivity index (χ0v) is 16.9. The van der Waals surface area contributed by atoms with Crippen LogP contribution in [0.2, 0.25) is 0 Å². The summed E-state index contributed by atoms with van der Waals surface area (Å²) < 4.78 is 5.14. The van der Waals surface area contributed by atoms with Crippen LogP contribution in [-0.2, 0) is 9.59 Å². The maximum absolute atomic E-state index is 13.1. The van der Waals surface area contributed by atoms with Crippen LogP contribution in [0.15, 0.2) is 72.6 Å². The summed E-state index contributed by atoms with van der Waals surface area (Å²) in [5.41, 5.74) is 1.79. The molecule has 1 aliphatic heterocycles. The van der Waals surface area contributed by atoms with E-state index in [-0.39, 0.29) is 22.8 Å². The predicted octanol–water partition coefficient (Wildman–Crippen LogP) is 3.73. The number of ketones is 1. The molecular weight excluding hydrogens is 396 g/mol. The Hall–Kier alpha value is -4.13. The van der Waals surface area contributed by atoms with Gasteiger partial charge in [0.2, 0.25) is 0 Å². The Morgan fingerprint density at radius 1 is 1.10 bits per heavy atom. The number of aryl methyl sites for hydroxylation is 1. The number of aromatic hydroxyl groups is 1.